The Hall–Kier alpha value is -3.20. The molecule has 0 spiro atoms. The van der Waals surface area contributed by atoms with E-state index in [0.29, 0.717) is 16.9 Å². The molecule has 1 atom stereocenters. The Morgan fingerprint density at radius 1 is 1.11 bits per heavy atom. The van der Waals surface area contributed by atoms with Crippen LogP contribution in [0.15, 0.2) is 65.3 Å². The predicted molar refractivity (Wildman–Crippen MR) is 114 cm³/mol. The lowest BCUT2D eigenvalue weighted by molar-refractivity contribution is -0.660. The normalized spacial score (nSPS) is 16.5. The van der Waals surface area contributed by atoms with Crippen molar-refractivity contribution >= 4 is 32.8 Å². The molecule has 3 aromatic heterocycles. The summed E-state index contributed by atoms with van der Waals surface area (Å²) in [5.74, 6) is -1.74. The molecule has 0 amide bonds. The van der Waals surface area contributed by atoms with Crippen LogP contribution in [0.1, 0.15) is 36.3 Å². The molecule has 5 rings (SSSR count). The van der Waals surface area contributed by atoms with Crippen LogP contribution in [0.4, 0.5) is 0 Å². The second-order valence-electron chi connectivity index (χ2n) is 7.24. The minimum Gasteiger partial charge on any atom is -0.437 e. The Labute approximate surface area is 169 Å². The quantitative estimate of drug-likeness (QED) is 0.353. The zero-order chi connectivity index (χ0) is 22.8. The lowest BCUT2D eigenvalue weighted by Crippen LogP contribution is -2.31. The van der Waals surface area contributed by atoms with Gasteiger partial charge in [-0.2, -0.15) is 0 Å². The molecule has 0 saturated heterocycles. The van der Waals surface area contributed by atoms with Crippen LogP contribution >= 0.6 is 0 Å². The Bertz CT molecular complexity index is 1520. The van der Waals surface area contributed by atoms with Crippen molar-refractivity contribution in [1.29, 1.82) is 0 Å². The van der Waals surface area contributed by atoms with Gasteiger partial charge in [-0.1, -0.05) is 38.0 Å². The summed E-state index contributed by atoms with van der Waals surface area (Å²) >= 11 is 0. The fourth-order valence-corrected chi connectivity index (χ4v) is 4.07. The number of hydrogen-bond donors (Lipinski definition) is 0. The number of aryl methyl sites for hydroxylation is 2. The molecule has 0 saturated carbocycles. The van der Waals surface area contributed by atoms with E-state index in [1.54, 1.807) is 18.3 Å². The third-order valence-electron chi connectivity index (χ3n) is 5.51. The molecule has 0 bridgehead atoms. The van der Waals surface area contributed by atoms with Gasteiger partial charge in [0.25, 0.3) is 0 Å². The lowest BCUT2D eigenvalue weighted by Gasteiger charge is -2.12. The molecule has 3 heterocycles. The minimum absolute atomic E-state index is 0.431. The highest BCUT2D eigenvalue weighted by molar-refractivity contribution is 6.22. The van der Waals surface area contributed by atoms with E-state index >= 15 is 0 Å². The van der Waals surface area contributed by atoms with Crippen LogP contribution in [0.5, 0.6) is 0 Å². The molecule has 3 heteroatoms. The summed E-state index contributed by atoms with van der Waals surface area (Å²) < 4.78 is 40.4. The van der Waals surface area contributed by atoms with Gasteiger partial charge in [0.15, 0.2) is 11.8 Å². The SMILES string of the molecule is [2H]C([2H])([2H])C([2H])(C)c1cc[n+](C)c(-c2c(C)c3ccccc3c3c2oc2ncccc23)c1. The minimum atomic E-state index is -2.46. The molecule has 1 unspecified atom stereocenters. The number of rotatable bonds is 2. The fourth-order valence-electron chi connectivity index (χ4n) is 4.07. The molecule has 0 aliphatic heterocycles. The summed E-state index contributed by atoms with van der Waals surface area (Å²) in [5.41, 5.74) is 4.40. The summed E-state index contributed by atoms with van der Waals surface area (Å²) in [4.78, 5) is 4.42. The molecule has 0 aliphatic carbocycles. The summed E-state index contributed by atoms with van der Waals surface area (Å²) in [6.45, 7) is 1.03. The highest BCUT2D eigenvalue weighted by Gasteiger charge is 2.24. The first-order valence-electron chi connectivity index (χ1n) is 11.3. The standard InChI is InChI=1S/C25H23N2O/c1-15(2)17-11-13-27(4)21(14-17)22-16(3)18-8-5-6-9-19(18)23-20-10-7-12-26-25(20)28-24(22)23/h5-15H,1-4H3/q+1/i1D3,15D. The fraction of sp³-hybridized carbons (Fsp3) is 0.200. The molecule has 0 fully saturated rings. The van der Waals surface area contributed by atoms with Crippen LogP contribution < -0.4 is 4.57 Å². The molecule has 0 N–H and O–H groups in total. The van der Waals surface area contributed by atoms with Gasteiger partial charge < -0.3 is 4.42 Å². The van der Waals surface area contributed by atoms with Crippen molar-refractivity contribution in [2.75, 3.05) is 0 Å². The van der Waals surface area contributed by atoms with E-state index < -0.39 is 12.7 Å². The summed E-state index contributed by atoms with van der Waals surface area (Å²) in [6.07, 6.45) is 3.52. The molecule has 2 aromatic carbocycles. The van der Waals surface area contributed by atoms with E-state index in [0.717, 1.165) is 38.4 Å². The van der Waals surface area contributed by atoms with Gasteiger partial charge in [0.1, 0.15) is 7.05 Å². The maximum atomic E-state index is 8.58. The van der Waals surface area contributed by atoms with Gasteiger partial charge in [-0.3, -0.25) is 0 Å². The summed E-state index contributed by atoms with van der Waals surface area (Å²) in [5, 5.41) is 4.10. The third kappa shape index (κ3) is 2.36. The summed E-state index contributed by atoms with van der Waals surface area (Å²) in [7, 11) is 1.91. The first kappa shape index (κ1) is 13.1. The van der Waals surface area contributed by atoms with Gasteiger partial charge in [0.05, 0.1) is 5.56 Å². The maximum absolute atomic E-state index is 8.58. The molecule has 0 aliphatic rings. The van der Waals surface area contributed by atoms with E-state index in [1.807, 2.05) is 49.0 Å². The number of pyridine rings is 2. The first-order valence-corrected chi connectivity index (χ1v) is 9.30. The number of fused-ring (bicyclic) bond motifs is 5. The van der Waals surface area contributed by atoms with Crippen LogP contribution in [0.25, 0.3) is 44.1 Å². The second-order valence-corrected chi connectivity index (χ2v) is 7.24. The molecule has 138 valence electrons. The Morgan fingerprint density at radius 2 is 1.89 bits per heavy atom. The first-order chi connectivity index (χ1) is 15.1. The zero-order valence-electron chi connectivity index (χ0n) is 20.1. The van der Waals surface area contributed by atoms with Crippen LogP contribution in [-0.4, -0.2) is 4.98 Å². The molecule has 3 nitrogen and oxygen atoms in total. The molecular formula is C25H23N2O+. The van der Waals surface area contributed by atoms with Crippen molar-refractivity contribution in [1.82, 2.24) is 4.98 Å². The second kappa shape index (κ2) is 6.16. The Morgan fingerprint density at radius 3 is 2.71 bits per heavy atom. The van der Waals surface area contributed by atoms with Gasteiger partial charge in [-0.05, 0) is 46.8 Å². The zero-order valence-corrected chi connectivity index (χ0v) is 16.1. The van der Waals surface area contributed by atoms with Gasteiger partial charge in [-0.15, -0.1) is 0 Å². The van der Waals surface area contributed by atoms with E-state index in [-0.39, 0.29) is 0 Å². The number of furan rings is 1. The lowest BCUT2D eigenvalue weighted by atomic mass is 9.92. The molecular weight excluding hydrogens is 344 g/mol. The van der Waals surface area contributed by atoms with Gasteiger partial charge in [0.2, 0.25) is 11.4 Å². The van der Waals surface area contributed by atoms with Crippen molar-refractivity contribution in [3.05, 3.63) is 72.1 Å². The number of nitrogens with zero attached hydrogens (tertiary/aromatic N) is 2. The summed E-state index contributed by atoms with van der Waals surface area (Å²) in [6, 6.07) is 15.6. The topological polar surface area (TPSA) is 29.9 Å². The smallest absolute Gasteiger partial charge is 0.227 e. The van der Waals surface area contributed by atoms with Crippen LogP contribution in [-0.2, 0) is 7.05 Å². The van der Waals surface area contributed by atoms with Crippen LogP contribution in [0, 0.1) is 6.92 Å². The van der Waals surface area contributed by atoms with Crippen molar-refractivity contribution in [3.8, 4) is 11.3 Å². The van der Waals surface area contributed by atoms with Crippen molar-refractivity contribution < 1.29 is 14.5 Å². The molecule has 5 aromatic rings. The van der Waals surface area contributed by atoms with Gasteiger partial charge in [-0.25, -0.2) is 9.55 Å². The number of hydrogen-bond acceptors (Lipinski definition) is 2. The number of aromatic nitrogens is 2. The van der Waals surface area contributed by atoms with Gasteiger partial charge in [0, 0.05) is 34.6 Å². The van der Waals surface area contributed by atoms with E-state index in [4.69, 9.17) is 9.90 Å². The average molecular weight is 371 g/mol. The Kier molecular flexibility index (Phi) is 2.87. The van der Waals surface area contributed by atoms with Crippen molar-refractivity contribution in [2.24, 2.45) is 7.05 Å². The van der Waals surface area contributed by atoms with Crippen LogP contribution in [0.2, 0.25) is 0 Å². The highest BCUT2D eigenvalue weighted by atomic mass is 16.3. The molecule has 0 radical (unpaired) electrons. The predicted octanol–water partition coefficient (Wildman–Crippen LogP) is 6.06. The molecule has 28 heavy (non-hydrogen) atoms. The monoisotopic (exact) mass is 371 g/mol. The highest BCUT2D eigenvalue weighted by Crippen LogP contribution is 2.42. The Balaban J connectivity index is 1.94. The van der Waals surface area contributed by atoms with E-state index in [1.165, 1.54) is 6.92 Å². The van der Waals surface area contributed by atoms with Crippen LogP contribution in [0.3, 0.4) is 0 Å². The van der Waals surface area contributed by atoms with Crippen molar-refractivity contribution in [3.63, 3.8) is 0 Å². The average Bonchev–Trinajstić information content (AvgIpc) is 3.13. The van der Waals surface area contributed by atoms with Crippen molar-refractivity contribution in [2.45, 2.75) is 26.6 Å². The largest absolute Gasteiger partial charge is 0.437 e. The van der Waals surface area contributed by atoms with E-state index in [2.05, 4.69) is 17.1 Å². The number of benzene rings is 2. The third-order valence-corrected chi connectivity index (χ3v) is 5.51. The van der Waals surface area contributed by atoms with Gasteiger partial charge >= 0.3 is 0 Å². The maximum Gasteiger partial charge on any atom is 0.227 e. The van der Waals surface area contributed by atoms with E-state index in [9.17, 15) is 0 Å².